The van der Waals surface area contributed by atoms with Crippen molar-refractivity contribution < 1.29 is 14.6 Å². The van der Waals surface area contributed by atoms with Gasteiger partial charge in [0.2, 0.25) is 0 Å². The minimum atomic E-state index is 0.0287. The zero-order valence-electron chi connectivity index (χ0n) is 14.0. The zero-order chi connectivity index (χ0) is 16.4. The highest BCUT2D eigenvalue weighted by Gasteiger charge is 2.42. The molecule has 3 rings (SSSR count). The zero-order valence-corrected chi connectivity index (χ0v) is 14.0. The van der Waals surface area contributed by atoms with Crippen LogP contribution >= 0.6 is 0 Å². The molecule has 1 atom stereocenters. The van der Waals surface area contributed by atoms with E-state index in [1.807, 2.05) is 30.9 Å². The van der Waals surface area contributed by atoms with Crippen molar-refractivity contribution in [2.75, 3.05) is 32.8 Å². The summed E-state index contributed by atoms with van der Waals surface area (Å²) in [5.74, 6) is 0.360. The molecule has 0 radical (unpaired) electrons. The molecule has 5 heteroatoms. The Balaban J connectivity index is 1.48. The molecule has 126 valence electrons. The van der Waals surface area contributed by atoms with E-state index in [0.29, 0.717) is 12.3 Å². The lowest BCUT2D eigenvalue weighted by Crippen LogP contribution is -2.40. The summed E-state index contributed by atoms with van der Waals surface area (Å²) in [6.07, 6.45) is 2.90. The van der Waals surface area contributed by atoms with Gasteiger partial charge in [0.15, 0.2) is 0 Å². The first kappa shape index (κ1) is 16.1. The van der Waals surface area contributed by atoms with Crippen LogP contribution in [0.2, 0.25) is 0 Å². The maximum atomic E-state index is 12.3. The Morgan fingerprint density at radius 2 is 2.09 bits per heavy atom. The van der Waals surface area contributed by atoms with Gasteiger partial charge in [0.1, 0.15) is 5.75 Å². The summed E-state index contributed by atoms with van der Waals surface area (Å²) >= 11 is 0. The lowest BCUT2D eigenvalue weighted by molar-refractivity contribution is 0.152. The number of aromatic hydroxyl groups is 1. The summed E-state index contributed by atoms with van der Waals surface area (Å²) in [6, 6.07) is 3.99. The molecule has 0 unspecified atom stereocenters. The van der Waals surface area contributed by atoms with Crippen molar-refractivity contribution in [1.29, 1.82) is 0 Å². The third-order valence-corrected chi connectivity index (χ3v) is 5.15. The first-order valence-electron chi connectivity index (χ1n) is 8.39. The van der Waals surface area contributed by atoms with Crippen LogP contribution in [0.1, 0.15) is 29.5 Å². The molecular formula is C18H26N2O3. The number of carbonyl (C=O) groups is 1. The molecule has 0 aliphatic carbocycles. The second kappa shape index (κ2) is 6.40. The number of carbonyl (C=O) groups excluding carboxylic acids is 1. The number of hydrogen-bond donors (Lipinski definition) is 2. The number of ether oxygens (including phenoxy) is 1. The average molecular weight is 318 g/mol. The second-order valence-corrected chi connectivity index (χ2v) is 7.03. The molecule has 2 aliphatic heterocycles. The standard InChI is InChI=1S/C18H26N2O3/c1-13-9-15(10-14(2)16(13)21)3-6-19-17(22)20-7-4-18(11-20)5-8-23-12-18/h9-10,21H,3-8,11-12H2,1-2H3,(H,19,22)/t18-/m0/s1. The van der Waals surface area contributed by atoms with Gasteiger partial charge >= 0.3 is 6.03 Å². The van der Waals surface area contributed by atoms with Crippen molar-refractivity contribution >= 4 is 6.03 Å². The van der Waals surface area contributed by atoms with Gasteiger partial charge in [-0.25, -0.2) is 4.79 Å². The smallest absolute Gasteiger partial charge is 0.317 e. The third-order valence-electron chi connectivity index (χ3n) is 5.15. The SMILES string of the molecule is Cc1cc(CCNC(=O)N2CC[C@]3(CCOC3)C2)cc(C)c1O. The van der Waals surface area contributed by atoms with Crippen molar-refractivity contribution in [2.45, 2.75) is 33.1 Å². The van der Waals surface area contributed by atoms with E-state index in [2.05, 4.69) is 5.32 Å². The van der Waals surface area contributed by atoms with Crippen LogP contribution in [0, 0.1) is 19.3 Å². The summed E-state index contributed by atoms with van der Waals surface area (Å²) < 4.78 is 5.50. The fourth-order valence-electron chi connectivity index (χ4n) is 3.70. The first-order valence-corrected chi connectivity index (χ1v) is 8.39. The van der Waals surface area contributed by atoms with E-state index in [0.717, 1.165) is 62.3 Å². The summed E-state index contributed by atoms with van der Waals surface area (Å²) in [5, 5.41) is 12.8. The van der Waals surface area contributed by atoms with Gasteiger partial charge < -0.3 is 20.1 Å². The minimum Gasteiger partial charge on any atom is -0.507 e. The highest BCUT2D eigenvalue weighted by molar-refractivity contribution is 5.74. The maximum Gasteiger partial charge on any atom is 0.317 e. The highest BCUT2D eigenvalue weighted by atomic mass is 16.5. The normalized spacial score (nSPS) is 23.7. The van der Waals surface area contributed by atoms with Crippen molar-refractivity contribution in [3.05, 3.63) is 28.8 Å². The molecule has 2 amide bonds. The Morgan fingerprint density at radius 1 is 1.35 bits per heavy atom. The number of benzene rings is 1. The Morgan fingerprint density at radius 3 is 2.74 bits per heavy atom. The molecular weight excluding hydrogens is 292 g/mol. The lowest BCUT2D eigenvalue weighted by atomic mass is 9.87. The molecule has 1 aromatic rings. The molecule has 2 N–H and O–H groups in total. The van der Waals surface area contributed by atoms with Crippen LogP contribution in [0.3, 0.4) is 0 Å². The van der Waals surface area contributed by atoms with Gasteiger partial charge in [-0.2, -0.15) is 0 Å². The Kier molecular flexibility index (Phi) is 4.48. The molecule has 0 aromatic heterocycles. The third kappa shape index (κ3) is 3.44. The van der Waals surface area contributed by atoms with Crippen LogP contribution in [0.25, 0.3) is 0 Å². The molecule has 2 saturated heterocycles. The lowest BCUT2D eigenvalue weighted by Gasteiger charge is -2.22. The van der Waals surface area contributed by atoms with E-state index >= 15 is 0 Å². The van der Waals surface area contributed by atoms with E-state index in [-0.39, 0.29) is 11.4 Å². The number of nitrogens with zero attached hydrogens (tertiary/aromatic N) is 1. The predicted octanol–water partition coefficient (Wildman–Crippen LogP) is 2.37. The Bertz CT molecular complexity index is 571. The number of rotatable bonds is 3. The molecule has 2 fully saturated rings. The number of hydrogen-bond acceptors (Lipinski definition) is 3. The van der Waals surface area contributed by atoms with Gasteiger partial charge in [0, 0.05) is 31.7 Å². The van der Waals surface area contributed by atoms with Crippen molar-refractivity contribution in [2.24, 2.45) is 5.41 Å². The van der Waals surface area contributed by atoms with E-state index in [9.17, 15) is 9.90 Å². The van der Waals surface area contributed by atoms with E-state index in [4.69, 9.17) is 4.74 Å². The molecule has 1 aromatic carbocycles. The molecule has 0 saturated carbocycles. The Hall–Kier alpha value is -1.75. The number of nitrogens with one attached hydrogen (secondary N) is 1. The van der Waals surface area contributed by atoms with E-state index < -0.39 is 0 Å². The second-order valence-electron chi connectivity index (χ2n) is 7.03. The minimum absolute atomic E-state index is 0.0287. The van der Waals surface area contributed by atoms with Gasteiger partial charge in [-0.05, 0) is 49.8 Å². The van der Waals surface area contributed by atoms with Crippen LogP contribution in [-0.4, -0.2) is 48.9 Å². The van der Waals surface area contributed by atoms with Gasteiger partial charge in [0.05, 0.1) is 6.61 Å². The number of aryl methyl sites for hydroxylation is 2. The predicted molar refractivity (Wildman–Crippen MR) is 88.7 cm³/mol. The van der Waals surface area contributed by atoms with E-state index in [1.165, 1.54) is 0 Å². The quantitative estimate of drug-likeness (QED) is 0.899. The average Bonchev–Trinajstić information content (AvgIpc) is 3.15. The number of phenols is 1. The monoisotopic (exact) mass is 318 g/mol. The largest absolute Gasteiger partial charge is 0.507 e. The van der Waals surface area contributed by atoms with Gasteiger partial charge in [-0.15, -0.1) is 0 Å². The topological polar surface area (TPSA) is 61.8 Å². The summed E-state index contributed by atoms with van der Waals surface area (Å²) in [4.78, 5) is 14.2. The van der Waals surface area contributed by atoms with Crippen molar-refractivity contribution in [1.82, 2.24) is 10.2 Å². The van der Waals surface area contributed by atoms with Crippen LogP contribution < -0.4 is 5.32 Å². The summed E-state index contributed by atoms with van der Waals surface area (Å²) in [6.45, 7) is 7.68. The molecule has 23 heavy (non-hydrogen) atoms. The number of phenolic OH excluding ortho intramolecular Hbond substituents is 1. The fourth-order valence-corrected chi connectivity index (χ4v) is 3.70. The Labute approximate surface area is 137 Å². The van der Waals surface area contributed by atoms with Gasteiger partial charge in [-0.3, -0.25) is 0 Å². The molecule has 1 spiro atoms. The van der Waals surface area contributed by atoms with Crippen LogP contribution in [-0.2, 0) is 11.2 Å². The van der Waals surface area contributed by atoms with Crippen molar-refractivity contribution in [3.63, 3.8) is 0 Å². The number of urea groups is 1. The van der Waals surface area contributed by atoms with Crippen LogP contribution in [0.4, 0.5) is 4.79 Å². The van der Waals surface area contributed by atoms with Crippen molar-refractivity contribution in [3.8, 4) is 5.75 Å². The number of likely N-dealkylation sites (tertiary alicyclic amines) is 1. The van der Waals surface area contributed by atoms with Gasteiger partial charge in [-0.1, -0.05) is 12.1 Å². The van der Waals surface area contributed by atoms with E-state index in [1.54, 1.807) is 0 Å². The molecule has 0 bridgehead atoms. The molecule has 5 nitrogen and oxygen atoms in total. The first-order chi connectivity index (χ1) is 11.0. The van der Waals surface area contributed by atoms with Crippen LogP contribution in [0.5, 0.6) is 5.75 Å². The molecule has 2 heterocycles. The summed E-state index contributed by atoms with van der Waals surface area (Å²) in [5.41, 5.74) is 3.12. The summed E-state index contributed by atoms with van der Waals surface area (Å²) in [7, 11) is 0. The molecule has 2 aliphatic rings. The highest BCUT2D eigenvalue weighted by Crippen LogP contribution is 2.38. The van der Waals surface area contributed by atoms with Gasteiger partial charge in [0.25, 0.3) is 0 Å². The van der Waals surface area contributed by atoms with Crippen LogP contribution in [0.15, 0.2) is 12.1 Å². The fraction of sp³-hybridized carbons (Fsp3) is 0.611. The maximum absolute atomic E-state index is 12.3. The number of amides is 2.